The first-order valence-electron chi connectivity index (χ1n) is 3.35. The third-order valence-electron chi connectivity index (χ3n) is 1.26. The molecule has 1 heterocycles. The molecule has 0 bridgehead atoms. The molecule has 0 saturated carbocycles. The highest BCUT2D eigenvalue weighted by Crippen LogP contribution is 2.20. The Hall–Kier alpha value is -1.24. The molecule has 0 atom stereocenters. The molecule has 1 aromatic rings. The Morgan fingerprint density at radius 2 is 2.21 bits per heavy atom. The number of hydrogen-bond acceptors (Lipinski definition) is 3. The van der Waals surface area contributed by atoms with Gasteiger partial charge in [-0.2, -0.15) is 8.78 Å². The monoisotopic (exact) mass is 267 g/mol. The Balaban J connectivity index is 3.09. The number of hydrogen-bond donors (Lipinski definition) is 1. The molecule has 0 radical (unpaired) electrons. The molecule has 0 aliphatic carbocycles. The van der Waals surface area contributed by atoms with Crippen molar-refractivity contribution in [2.24, 2.45) is 0 Å². The highest BCUT2D eigenvalue weighted by atomic mass is 79.9. The zero-order valence-electron chi connectivity index (χ0n) is 6.58. The van der Waals surface area contributed by atoms with Crippen LogP contribution in [0.4, 0.5) is 8.78 Å². The highest BCUT2D eigenvalue weighted by Gasteiger charge is 2.16. The summed E-state index contributed by atoms with van der Waals surface area (Å²) in [6, 6.07) is 2.44. The number of aromatic carboxylic acids is 1. The molecule has 0 aliphatic rings. The Morgan fingerprint density at radius 3 is 2.71 bits per heavy atom. The summed E-state index contributed by atoms with van der Waals surface area (Å²) in [6.07, 6.45) is 0. The summed E-state index contributed by atoms with van der Waals surface area (Å²) in [5.74, 6) is -1.98. The number of carbonyl (C=O) groups is 1. The molecule has 0 unspecified atom stereocenters. The minimum absolute atomic E-state index is 0.221. The van der Waals surface area contributed by atoms with Crippen molar-refractivity contribution in [1.29, 1.82) is 0 Å². The van der Waals surface area contributed by atoms with Gasteiger partial charge in [0.05, 0.1) is 0 Å². The Morgan fingerprint density at radius 1 is 1.57 bits per heavy atom. The highest BCUT2D eigenvalue weighted by molar-refractivity contribution is 9.10. The second-order valence-electron chi connectivity index (χ2n) is 2.17. The predicted molar refractivity (Wildman–Crippen MR) is 45.5 cm³/mol. The normalized spacial score (nSPS) is 10.3. The fourth-order valence-corrected chi connectivity index (χ4v) is 1.05. The van der Waals surface area contributed by atoms with E-state index in [4.69, 9.17) is 5.11 Å². The summed E-state index contributed by atoms with van der Waals surface area (Å²) in [6.45, 7) is -3.10. The maximum atomic E-state index is 11.8. The summed E-state index contributed by atoms with van der Waals surface area (Å²) in [5, 5.41) is 8.59. The van der Waals surface area contributed by atoms with Crippen LogP contribution in [0.3, 0.4) is 0 Å². The number of carboxylic acid groups (broad SMARTS) is 1. The molecule has 1 N–H and O–H groups in total. The molecule has 4 nitrogen and oxygen atoms in total. The molecular formula is C7H4BrF2NO3. The third-order valence-corrected chi connectivity index (χ3v) is 1.70. The summed E-state index contributed by atoms with van der Waals surface area (Å²) >= 11 is 2.91. The van der Waals surface area contributed by atoms with Crippen LogP contribution < -0.4 is 4.74 Å². The molecule has 76 valence electrons. The van der Waals surface area contributed by atoms with Gasteiger partial charge in [-0.05, 0) is 28.1 Å². The molecule has 1 rings (SSSR count). The molecular weight excluding hydrogens is 264 g/mol. The first-order valence-corrected chi connectivity index (χ1v) is 4.14. The van der Waals surface area contributed by atoms with E-state index in [1.165, 1.54) is 6.07 Å². The molecule has 1 aromatic heterocycles. The van der Waals surface area contributed by atoms with Crippen molar-refractivity contribution >= 4 is 21.9 Å². The lowest BCUT2D eigenvalue weighted by Gasteiger charge is -2.06. The minimum Gasteiger partial charge on any atom is -0.477 e. The van der Waals surface area contributed by atoms with E-state index in [1.807, 2.05) is 0 Å². The maximum Gasteiger partial charge on any atom is 0.388 e. The van der Waals surface area contributed by atoms with Gasteiger partial charge in [-0.1, -0.05) is 0 Å². The van der Waals surface area contributed by atoms with Crippen molar-refractivity contribution in [1.82, 2.24) is 4.98 Å². The van der Waals surface area contributed by atoms with Crippen LogP contribution in [-0.4, -0.2) is 22.7 Å². The SMILES string of the molecule is O=C(O)c1ccc(Br)nc1OC(F)F. The van der Waals surface area contributed by atoms with Gasteiger partial charge in [-0.3, -0.25) is 0 Å². The minimum atomic E-state index is -3.10. The van der Waals surface area contributed by atoms with Gasteiger partial charge in [-0.25, -0.2) is 9.78 Å². The van der Waals surface area contributed by atoms with Crippen molar-refractivity contribution in [3.05, 3.63) is 22.3 Å². The van der Waals surface area contributed by atoms with E-state index in [9.17, 15) is 13.6 Å². The number of halogens is 3. The molecule has 7 heteroatoms. The van der Waals surface area contributed by atoms with Crippen molar-refractivity contribution in [3.63, 3.8) is 0 Å². The Bertz CT molecular complexity index is 359. The number of pyridine rings is 1. The van der Waals surface area contributed by atoms with Crippen LogP contribution in [0.5, 0.6) is 5.88 Å². The summed E-state index contributed by atoms with van der Waals surface area (Å²) in [7, 11) is 0. The van der Waals surface area contributed by atoms with Crippen molar-refractivity contribution in [3.8, 4) is 5.88 Å². The van der Waals surface area contributed by atoms with E-state index >= 15 is 0 Å². The molecule has 0 fully saturated rings. The van der Waals surface area contributed by atoms with Gasteiger partial charge in [-0.15, -0.1) is 0 Å². The summed E-state index contributed by atoms with van der Waals surface area (Å²) in [4.78, 5) is 14.0. The van der Waals surface area contributed by atoms with Crippen molar-refractivity contribution < 1.29 is 23.4 Å². The fourth-order valence-electron chi connectivity index (χ4n) is 0.755. The van der Waals surface area contributed by atoms with E-state index < -0.39 is 24.0 Å². The van der Waals surface area contributed by atoms with E-state index in [2.05, 4.69) is 25.7 Å². The average molecular weight is 268 g/mol. The summed E-state index contributed by atoms with van der Waals surface area (Å²) < 4.78 is 27.8. The zero-order chi connectivity index (χ0) is 10.7. The van der Waals surface area contributed by atoms with Gasteiger partial charge in [0, 0.05) is 0 Å². The number of nitrogens with zero attached hydrogens (tertiary/aromatic N) is 1. The van der Waals surface area contributed by atoms with Gasteiger partial charge in [0.2, 0.25) is 5.88 Å². The van der Waals surface area contributed by atoms with Gasteiger partial charge >= 0.3 is 12.6 Å². The van der Waals surface area contributed by atoms with E-state index in [-0.39, 0.29) is 4.60 Å². The van der Waals surface area contributed by atoms with E-state index in [0.717, 1.165) is 6.07 Å². The van der Waals surface area contributed by atoms with Crippen LogP contribution in [-0.2, 0) is 0 Å². The van der Waals surface area contributed by atoms with Crippen LogP contribution in [0.25, 0.3) is 0 Å². The van der Waals surface area contributed by atoms with Crippen LogP contribution in [0.2, 0.25) is 0 Å². The molecule has 14 heavy (non-hydrogen) atoms. The van der Waals surface area contributed by atoms with Gasteiger partial charge in [0.1, 0.15) is 10.2 Å². The van der Waals surface area contributed by atoms with Crippen LogP contribution in [0, 0.1) is 0 Å². The topological polar surface area (TPSA) is 59.4 Å². The molecule has 0 aliphatic heterocycles. The number of aromatic nitrogens is 1. The first kappa shape index (κ1) is 10.8. The van der Waals surface area contributed by atoms with Crippen LogP contribution in [0.15, 0.2) is 16.7 Å². The number of ether oxygens (including phenoxy) is 1. The standard InChI is InChI=1S/C7H4BrF2NO3/c8-4-2-1-3(6(12)13)5(11-4)14-7(9)10/h1-2,7H,(H,12,13). The third kappa shape index (κ3) is 2.63. The number of carboxylic acids is 1. The maximum absolute atomic E-state index is 11.8. The second kappa shape index (κ2) is 4.32. The van der Waals surface area contributed by atoms with Crippen LogP contribution in [0.1, 0.15) is 10.4 Å². The Kier molecular flexibility index (Phi) is 3.34. The quantitative estimate of drug-likeness (QED) is 0.853. The van der Waals surface area contributed by atoms with E-state index in [1.54, 1.807) is 0 Å². The van der Waals surface area contributed by atoms with Gasteiger partial charge < -0.3 is 9.84 Å². The van der Waals surface area contributed by atoms with Crippen molar-refractivity contribution in [2.45, 2.75) is 6.61 Å². The molecule has 0 spiro atoms. The molecule has 0 saturated heterocycles. The van der Waals surface area contributed by atoms with Gasteiger partial charge in [0.25, 0.3) is 0 Å². The summed E-state index contributed by atoms with van der Waals surface area (Å²) in [5.41, 5.74) is -0.409. The van der Waals surface area contributed by atoms with Crippen molar-refractivity contribution in [2.75, 3.05) is 0 Å². The fraction of sp³-hybridized carbons (Fsp3) is 0.143. The lowest BCUT2D eigenvalue weighted by atomic mass is 10.3. The largest absolute Gasteiger partial charge is 0.477 e. The number of alkyl halides is 2. The Labute approximate surface area is 85.6 Å². The van der Waals surface area contributed by atoms with Crippen LogP contribution >= 0.6 is 15.9 Å². The van der Waals surface area contributed by atoms with Gasteiger partial charge in [0.15, 0.2) is 0 Å². The predicted octanol–water partition coefficient (Wildman–Crippen LogP) is 2.14. The molecule has 0 aromatic carbocycles. The number of rotatable bonds is 3. The lowest BCUT2D eigenvalue weighted by Crippen LogP contribution is -2.09. The first-order chi connectivity index (χ1) is 6.50. The lowest BCUT2D eigenvalue weighted by molar-refractivity contribution is -0.0534. The zero-order valence-corrected chi connectivity index (χ0v) is 8.16. The average Bonchev–Trinajstić information content (AvgIpc) is 2.01. The molecule has 0 amide bonds. The second-order valence-corrected chi connectivity index (χ2v) is 2.98. The van der Waals surface area contributed by atoms with E-state index in [0.29, 0.717) is 0 Å². The smallest absolute Gasteiger partial charge is 0.388 e.